The number of hydrogen-bond donors (Lipinski definition) is 0. The molecular weight excluding hydrogens is 197 g/mol. The normalized spacial score (nSPS) is 8.33. The molecule has 1 rings (SSSR count). The molecule has 0 N–H and O–H groups in total. The van der Waals surface area contributed by atoms with Gasteiger partial charge < -0.3 is 4.74 Å². The molecule has 15 heavy (non-hydrogen) atoms. The summed E-state index contributed by atoms with van der Waals surface area (Å²) in [6, 6.07) is 5.30. The van der Waals surface area contributed by atoms with E-state index in [4.69, 9.17) is 5.26 Å². The minimum Gasteiger partial charge on any atom is -0.465 e. The SMILES string of the molecule is COC(=O)c1ccc(C#CC#N)c(F)c1. The summed E-state index contributed by atoms with van der Waals surface area (Å²) < 4.78 is 17.7. The second kappa shape index (κ2) is 4.78. The van der Waals surface area contributed by atoms with Crippen LogP contribution >= 0.6 is 0 Å². The maximum Gasteiger partial charge on any atom is 0.337 e. The van der Waals surface area contributed by atoms with Crippen molar-refractivity contribution in [2.45, 2.75) is 0 Å². The molecule has 0 unspecified atom stereocenters. The van der Waals surface area contributed by atoms with Gasteiger partial charge >= 0.3 is 5.97 Å². The third-order valence-corrected chi connectivity index (χ3v) is 1.64. The molecule has 0 aliphatic heterocycles. The fourth-order valence-electron chi connectivity index (χ4n) is 0.957. The van der Waals surface area contributed by atoms with Crippen molar-refractivity contribution in [2.24, 2.45) is 0 Å². The second-order valence-electron chi connectivity index (χ2n) is 2.55. The monoisotopic (exact) mass is 203 g/mol. The van der Waals surface area contributed by atoms with Crippen LogP contribution in [0.5, 0.6) is 0 Å². The molecule has 0 bridgehead atoms. The Hall–Kier alpha value is -2.33. The third kappa shape index (κ3) is 2.55. The quantitative estimate of drug-likeness (QED) is 0.513. The van der Waals surface area contributed by atoms with Gasteiger partial charge in [-0.3, -0.25) is 0 Å². The summed E-state index contributed by atoms with van der Waals surface area (Å²) in [7, 11) is 1.21. The number of carbonyl (C=O) groups excluding carboxylic acids is 1. The van der Waals surface area contributed by atoms with Gasteiger partial charge in [0.2, 0.25) is 0 Å². The molecule has 0 radical (unpaired) electrons. The Bertz CT molecular complexity index is 492. The minimum atomic E-state index is -0.652. The van der Waals surface area contributed by atoms with Crippen molar-refractivity contribution in [3.8, 4) is 17.9 Å². The zero-order valence-corrected chi connectivity index (χ0v) is 7.87. The molecule has 0 fully saturated rings. The molecule has 0 amide bonds. The van der Waals surface area contributed by atoms with E-state index in [0.29, 0.717) is 0 Å². The number of nitriles is 1. The number of hydrogen-bond acceptors (Lipinski definition) is 3. The lowest BCUT2D eigenvalue weighted by molar-refractivity contribution is 0.0600. The lowest BCUT2D eigenvalue weighted by Crippen LogP contribution is -2.02. The average molecular weight is 203 g/mol. The first-order valence-corrected chi connectivity index (χ1v) is 3.97. The number of methoxy groups -OCH3 is 1. The molecule has 74 valence electrons. The van der Waals surface area contributed by atoms with Crippen LogP contribution in [0.1, 0.15) is 15.9 Å². The van der Waals surface area contributed by atoms with E-state index in [1.54, 1.807) is 6.07 Å². The highest BCUT2D eigenvalue weighted by atomic mass is 19.1. The molecule has 0 heterocycles. The van der Waals surface area contributed by atoms with Gasteiger partial charge in [0.1, 0.15) is 5.82 Å². The van der Waals surface area contributed by atoms with Crippen LogP contribution in [0, 0.1) is 29.0 Å². The van der Waals surface area contributed by atoms with Gasteiger partial charge in [0.25, 0.3) is 0 Å². The highest BCUT2D eigenvalue weighted by Crippen LogP contribution is 2.10. The Balaban J connectivity index is 3.10. The molecule has 0 atom stereocenters. The van der Waals surface area contributed by atoms with Gasteiger partial charge in [-0.25, -0.2) is 9.18 Å². The van der Waals surface area contributed by atoms with Crippen LogP contribution in [0.2, 0.25) is 0 Å². The zero-order chi connectivity index (χ0) is 11.3. The summed E-state index contributed by atoms with van der Waals surface area (Å²) >= 11 is 0. The van der Waals surface area contributed by atoms with Crippen molar-refractivity contribution in [1.82, 2.24) is 0 Å². The molecule has 0 aromatic heterocycles. The highest BCUT2D eigenvalue weighted by molar-refractivity contribution is 5.89. The number of ether oxygens (including phenoxy) is 1. The van der Waals surface area contributed by atoms with Crippen molar-refractivity contribution in [3.63, 3.8) is 0 Å². The Morgan fingerprint density at radius 2 is 2.27 bits per heavy atom. The number of halogens is 1. The maximum absolute atomic E-state index is 13.3. The van der Waals surface area contributed by atoms with Crippen LogP contribution in [0.25, 0.3) is 0 Å². The summed E-state index contributed by atoms with van der Waals surface area (Å²) in [5, 5.41) is 8.18. The molecular formula is C11H6FNO2. The Labute approximate surface area is 86.1 Å². The molecule has 3 nitrogen and oxygen atoms in total. The third-order valence-electron chi connectivity index (χ3n) is 1.64. The molecule has 4 heteroatoms. The van der Waals surface area contributed by atoms with Crippen molar-refractivity contribution in [1.29, 1.82) is 5.26 Å². The van der Waals surface area contributed by atoms with Crippen molar-refractivity contribution >= 4 is 5.97 Å². The van der Waals surface area contributed by atoms with Gasteiger partial charge in [0.15, 0.2) is 6.07 Å². The van der Waals surface area contributed by atoms with E-state index < -0.39 is 11.8 Å². The number of benzene rings is 1. The summed E-state index contributed by atoms with van der Waals surface area (Å²) in [6.45, 7) is 0. The first kappa shape index (κ1) is 10.7. The van der Waals surface area contributed by atoms with E-state index in [9.17, 15) is 9.18 Å². The molecule has 0 aliphatic carbocycles. The van der Waals surface area contributed by atoms with Gasteiger partial charge in [-0.2, -0.15) is 5.26 Å². The second-order valence-corrected chi connectivity index (χ2v) is 2.55. The van der Waals surface area contributed by atoms with E-state index >= 15 is 0 Å². The van der Waals surface area contributed by atoms with Gasteiger partial charge in [0.05, 0.1) is 18.2 Å². The van der Waals surface area contributed by atoms with Crippen LogP contribution in [-0.2, 0) is 4.74 Å². The number of rotatable bonds is 1. The predicted molar refractivity (Wildman–Crippen MR) is 50.2 cm³/mol. The van der Waals surface area contributed by atoms with Crippen LogP contribution in [0.15, 0.2) is 18.2 Å². The first-order valence-electron chi connectivity index (χ1n) is 3.97. The van der Waals surface area contributed by atoms with E-state index in [-0.39, 0.29) is 11.1 Å². The summed E-state index contributed by atoms with van der Waals surface area (Å²) in [6.07, 6.45) is 0. The number of esters is 1. The first-order chi connectivity index (χ1) is 7.19. The van der Waals surface area contributed by atoms with Crippen molar-refractivity contribution in [3.05, 3.63) is 35.1 Å². The van der Waals surface area contributed by atoms with Gasteiger partial charge in [-0.15, -0.1) is 0 Å². The fraction of sp³-hybridized carbons (Fsp3) is 0.0909. The lowest BCUT2D eigenvalue weighted by atomic mass is 10.1. The topological polar surface area (TPSA) is 50.1 Å². The van der Waals surface area contributed by atoms with Gasteiger partial charge in [-0.1, -0.05) is 0 Å². The maximum atomic E-state index is 13.3. The number of nitrogens with zero attached hydrogens (tertiary/aromatic N) is 1. The Kier molecular flexibility index (Phi) is 3.43. The highest BCUT2D eigenvalue weighted by Gasteiger charge is 2.08. The minimum absolute atomic E-state index is 0.0733. The van der Waals surface area contributed by atoms with Crippen LogP contribution in [0.3, 0.4) is 0 Å². The summed E-state index contributed by atoms with van der Waals surface area (Å²) in [4.78, 5) is 11.0. The summed E-state index contributed by atoms with van der Waals surface area (Å²) in [5.41, 5.74) is 0.182. The van der Waals surface area contributed by atoms with Crippen LogP contribution in [-0.4, -0.2) is 13.1 Å². The smallest absolute Gasteiger partial charge is 0.337 e. The van der Waals surface area contributed by atoms with Crippen molar-refractivity contribution < 1.29 is 13.9 Å². The molecule has 0 spiro atoms. The van der Waals surface area contributed by atoms with Crippen LogP contribution in [0.4, 0.5) is 4.39 Å². The van der Waals surface area contributed by atoms with E-state index in [2.05, 4.69) is 16.6 Å². The molecule has 1 aromatic carbocycles. The number of carbonyl (C=O) groups is 1. The van der Waals surface area contributed by atoms with E-state index in [1.807, 2.05) is 0 Å². The van der Waals surface area contributed by atoms with E-state index in [1.165, 1.54) is 19.2 Å². The lowest BCUT2D eigenvalue weighted by Gasteiger charge is -1.99. The Morgan fingerprint density at radius 1 is 1.53 bits per heavy atom. The van der Waals surface area contributed by atoms with Crippen molar-refractivity contribution in [2.75, 3.05) is 7.11 Å². The zero-order valence-electron chi connectivity index (χ0n) is 7.87. The predicted octanol–water partition coefficient (Wildman–Crippen LogP) is 1.49. The fourth-order valence-corrected chi connectivity index (χ4v) is 0.957. The van der Waals surface area contributed by atoms with Crippen LogP contribution < -0.4 is 0 Å². The van der Waals surface area contributed by atoms with Gasteiger partial charge in [-0.05, 0) is 24.1 Å². The average Bonchev–Trinajstić information content (AvgIpc) is 2.26. The molecule has 1 aromatic rings. The summed E-state index contributed by atoms with van der Waals surface area (Å²) in [5.74, 6) is 3.11. The molecule has 0 saturated carbocycles. The van der Waals surface area contributed by atoms with E-state index in [0.717, 1.165) is 6.07 Å². The molecule has 0 saturated heterocycles. The Morgan fingerprint density at radius 3 is 2.80 bits per heavy atom. The van der Waals surface area contributed by atoms with Gasteiger partial charge in [0, 0.05) is 5.92 Å². The standard InChI is InChI=1S/C11H6FNO2/c1-15-11(14)9-5-4-8(3-2-6-13)10(12)7-9/h4-5,7H,1H3. The largest absolute Gasteiger partial charge is 0.465 e. The molecule has 0 aliphatic rings.